The highest BCUT2D eigenvalue weighted by Gasteiger charge is 2.32. The van der Waals surface area contributed by atoms with E-state index in [0.717, 1.165) is 79.4 Å². The van der Waals surface area contributed by atoms with Crippen molar-refractivity contribution < 1.29 is 60.2 Å². The van der Waals surface area contributed by atoms with Gasteiger partial charge >= 0.3 is 17.9 Å². The number of nitrogens with zero attached hydrogens (tertiary/aromatic N) is 2. The lowest BCUT2D eigenvalue weighted by Crippen LogP contribution is -2.43. The number of piperidine rings is 3. The highest BCUT2D eigenvalue weighted by atomic mass is 35.5. The maximum Gasteiger partial charge on any atom is 0.328 e. The van der Waals surface area contributed by atoms with Crippen LogP contribution < -0.4 is 21.3 Å². The van der Waals surface area contributed by atoms with Crippen LogP contribution >= 0.6 is 69.6 Å². The van der Waals surface area contributed by atoms with Crippen molar-refractivity contribution in [2.75, 3.05) is 65.0 Å². The monoisotopic (exact) mass is 1500 g/mol. The Bertz CT molecular complexity index is 3890. The Morgan fingerprint density at radius 3 is 0.980 bits per heavy atom. The number of hydrogen-bond donors (Lipinski definition) is 5. The third kappa shape index (κ3) is 22.3. The van der Waals surface area contributed by atoms with Gasteiger partial charge in [0.25, 0.3) is 17.7 Å². The molecule has 3 heterocycles. The zero-order chi connectivity index (χ0) is 71.3. The average Bonchev–Trinajstić information content (AvgIpc) is 0.868. The number of amides is 3. The SMILES string of the molecule is CCCS(=O)(=O)N1CCC(c2ccc(C[C@H](NC(=O)c3c(Cl)cccc3Cl)C(=O)O)cc2)CC1.CCCS(=O)(=O)N1CCC(c2ccc(C[C@H](NC(=O)c3c(Cl)cccc3Cl)C(=O)OC)cc2)CC1.COC(=O)[C@H](Cc1ccc(C2CCNCC2)cc1)NC(=O)c1c(Cl)cccc1Cl. The molecule has 6 aromatic rings. The standard InChI is InChI=1S/C25H30Cl2N2O5S.C24H28Cl2N2O5S.C22H24Cl2N2O3/c1-3-15-35(32,33)29-13-11-19(12-14-29)18-9-7-17(8-10-18)16-22(25(31)34-2)28-24(30)23-20(26)5-4-6-21(23)27;1-2-14-34(32,33)28-12-10-18(11-13-28)17-8-6-16(7-9-17)15-21(24(30)31)27-23(29)22-19(25)4-3-5-20(22)26;1-29-22(28)19(26-21(27)20-17(23)3-2-4-18(20)24)13-14-5-7-15(8-6-14)16-9-11-25-12-10-16/h4-10,19,22H,3,11-16H2,1-2H3,(H,28,30);3-9,18,21H,2,10-15H2,1H3,(H,27,29)(H,30,31);2-8,16,19,25H,9-13H2,1H3,(H,26,27)/t22-;21-;19-/m000/s1. The first-order valence-corrected chi connectivity index (χ1v) is 37.8. The lowest BCUT2D eigenvalue weighted by atomic mass is 9.89. The Hall–Kier alpha value is -6.34. The molecule has 3 atom stereocenters. The lowest BCUT2D eigenvalue weighted by Gasteiger charge is -2.31. The molecule has 3 amide bonds. The van der Waals surface area contributed by atoms with E-state index in [0.29, 0.717) is 51.4 Å². The van der Waals surface area contributed by atoms with Gasteiger partial charge in [0.2, 0.25) is 20.0 Å². The predicted molar refractivity (Wildman–Crippen MR) is 385 cm³/mol. The minimum Gasteiger partial charge on any atom is -0.480 e. The van der Waals surface area contributed by atoms with Crippen molar-refractivity contribution in [2.24, 2.45) is 0 Å². The lowest BCUT2D eigenvalue weighted by molar-refractivity contribution is -0.143. The van der Waals surface area contributed by atoms with Gasteiger partial charge in [-0.3, -0.25) is 14.4 Å². The number of halogens is 6. The zero-order valence-corrected chi connectivity index (χ0v) is 61.0. The second-order valence-electron chi connectivity index (χ2n) is 24.1. The summed E-state index contributed by atoms with van der Waals surface area (Å²) in [5.74, 6) is -2.54. The third-order valence-corrected chi connectivity index (χ3v) is 23.4. The van der Waals surface area contributed by atoms with Gasteiger partial charge in [0, 0.05) is 45.4 Å². The molecule has 3 fully saturated rings. The quantitative estimate of drug-likeness (QED) is 0.0353. The maximum absolute atomic E-state index is 12.8. The van der Waals surface area contributed by atoms with Crippen molar-refractivity contribution in [3.05, 3.63) is 208 Å². The fourth-order valence-electron chi connectivity index (χ4n) is 12.1. The number of ether oxygens (including phenoxy) is 2. The molecule has 6 aromatic carbocycles. The van der Waals surface area contributed by atoms with Crippen molar-refractivity contribution in [1.29, 1.82) is 0 Å². The van der Waals surface area contributed by atoms with Crippen LogP contribution in [-0.2, 0) is 63.2 Å². The van der Waals surface area contributed by atoms with Crippen LogP contribution in [0.4, 0.5) is 0 Å². The van der Waals surface area contributed by atoms with Gasteiger partial charge in [-0.25, -0.2) is 39.8 Å². The number of sulfonamides is 2. The van der Waals surface area contributed by atoms with Gasteiger partial charge < -0.3 is 35.8 Å². The molecular weight excluding hydrogens is 1420 g/mol. The summed E-state index contributed by atoms with van der Waals surface area (Å²) in [7, 11) is -3.78. The fourth-order valence-corrected chi connectivity index (χ4v) is 16.8. The Balaban J connectivity index is 0.000000208. The number of benzene rings is 6. The molecular formula is C71H82Cl6N6O13S2. The summed E-state index contributed by atoms with van der Waals surface area (Å²) in [6.45, 7) is 7.86. The molecule has 3 saturated heterocycles. The van der Waals surface area contributed by atoms with Gasteiger partial charge in [0.1, 0.15) is 18.1 Å². The van der Waals surface area contributed by atoms with Crippen LogP contribution in [0.25, 0.3) is 0 Å². The van der Waals surface area contributed by atoms with Gasteiger partial charge in [-0.05, 0) is 152 Å². The minimum atomic E-state index is -3.18. The average molecular weight is 1500 g/mol. The molecule has 0 aliphatic carbocycles. The molecule has 3 aliphatic heterocycles. The maximum atomic E-state index is 12.8. The number of rotatable bonds is 24. The first-order valence-electron chi connectivity index (χ1n) is 32.3. The molecule has 0 unspecified atom stereocenters. The van der Waals surface area contributed by atoms with E-state index in [2.05, 4.69) is 33.4 Å². The van der Waals surface area contributed by atoms with Crippen molar-refractivity contribution in [1.82, 2.24) is 29.9 Å². The van der Waals surface area contributed by atoms with Crippen LogP contribution in [0.2, 0.25) is 30.1 Å². The number of carboxylic acid groups (broad SMARTS) is 1. The van der Waals surface area contributed by atoms with Crippen molar-refractivity contribution >= 4 is 125 Å². The molecule has 5 N–H and O–H groups in total. The Morgan fingerprint density at radius 2 is 0.714 bits per heavy atom. The van der Waals surface area contributed by atoms with E-state index in [1.807, 2.05) is 74.5 Å². The summed E-state index contributed by atoms with van der Waals surface area (Å²) in [5.41, 5.74) is 6.35. The number of carbonyl (C=O) groups is 6. The predicted octanol–water partition coefficient (Wildman–Crippen LogP) is 12.7. The van der Waals surface area contributed by atoms with E-state index in [1.54, 1.807) is 51.1 Å². The highest BCUT2D eigenvalue weighted by Crippen LogP contribution is 2.33. The van der Waals surface area contributed by atoms with Crippen molar-refractivity contribution in [3.63, 3.8) is 0 Å². The number of methoxy groups -OCH3 is 2. The summed E-state index contributed by atoms with van der Waals surface area (Å²) in [4.78, 5) is 74.5. The van der Waals surface area contributed by atoms with E-state index in [1.165, 1.54) is 31.9 Å². The minimum absolute atomic E-state index is 0.0414. The Kier molecular flexibility index (Phi) is 30.6. The molecule has 3 aliphatic rings. The summed E-state index contributed by atoms with van der Waals surface area (Å²) < 4.78 is 62.1. The largest absolute Gasteiger partial charge is 0.480 e. The summed E-state index contributed by atoms with van der Waals surface area (Å²) in [6.07, 6.45) is 7.12. The van der Waals surface area contributed by atoms with Crippen molar-refractivity contribution in [2.45, 2.75) is 120 Å². The van der Waals surface area contributed by atoms with Gasteiger partial charge in [-0.1, -0.05) is 174 Å². The van der Waals surface area contributed by atoms with Gasteiger partial charge in [0.05, 0.1) is 72.6 Å². The first kappa shape index (κ1) is 79.0. The fraction of sp³-hybridized carbons (Fsp3) is 0.408. The van der Waals surface area contributed by atoms with Crippen LogP contribution in [0.15, 0.2) is 127 Å². The zero-order valence-electron chi connectivity index (χ0n) is 54.8. The number of aliphatic carboxylic acids is 1. The molecule has 0 saturated carbocycles. The highest BCUT2D eigenvalue weighted by molar-refractivity contribution is 7.89. The van der Waals surface area contributed by atoms with E-state index >= 15 is 0 Å². The summed E-state index contributed by atoms with van der Waals surface area (Å²) in [6, 6.07) is 34.9. The third-order valence-electron chi connectivity index (χ3n) is 17.4. The van der Waals surface area contributed by atoms with Crippen LogP contribution in [0.3, 0.4) is 0 Å². The normalized spacial score (nSPS) is 15.9. The molecule has 0 aromatic heterocycles. The van der Waals surface area contributed by atoms with Crippen LogP contribution in [0, 0.1) is 0 Å². The number of hydrogen-bond acceptors (Lipinski definition) is 13. The Labute approximate surface area is 604 Å². The van der Waals surface area contributed by atoms with Gasteiger partial charge in [-0.2, -0.15) is 0 Å². The molecule has 0 spiro atoms. The first-order chi connectivity index (χ1) is 46.8. The molecule has 19 nitrogen and oxygen atoms in total. The van der Waals surface area contributed by atoms with E-state index in [4.69, 9.17) is 79.1 Å². The summed E-state index contributed by atoms with van der Waals surface area (Å²) >= 11 is 36.6. The topological polar surface area (TPSA) is 264 Å². The van der Waals surface area contributed by atoms with Crippen LogP contribution in [0.1, 0.15) is 147 Å². The second kappa shape index (κ2) is 37.9. The molecule has 98 heavy (non-hydrogen) atoms. The summed E-state index contributed by atoms with van der Waals surface area (Å²) in [5, 5.41) is 22.0. The van der Waals surface area contributed by atoms with E-state index in [9.17, 15) is 50.7 Å². The number of esters is 2. The molecule has 0 radical (unpaired) electrons. The number of nitrogens with one attached hydrogen (secondary N) is 4. The smallest absolute Gasteiger partial charge is 0.328 e. The number of carboxylic acids is 1. The second-order valence-corrected chi connectivity index (χ2v) is 30.7. The van der Waals surface area contributed by atoms with Gasteiger partial charge in [0.15, 0.2) is 0 Å². The Morgan fingerprint density at radius 1 is 0.449 bits per heavy atom. The molecule has 528 valence electrons. The molecule has 27 heteroatoms. The molecule has 9 rings (SSSR count). The number of carbonyl (C=O) groups excluding carboxylic acids is 5. The van der Waals surface area contributed by atoms with Crippen molar-refractivity contribution in [3.8, 4) is 0 Å². The van der Waals surface area contributed by atoms with Crippen LogP contribution in [0.5, 0.6) is 0 Å². The van der Waals surface area contributed by atoms with Gasteiger partial charge in [-0.15, -0.1) is 0 Å². The van der Waals surface area contributed by atoms with E-state index in [-0.39, 0.29) is 83.0 Å². The van der Waals surface area contributed by atoms with E-state index < -0.39 is 73.8 Å². The van der Waals surface area contributed by atoms with Crippen LogP contribution in [-0.4, -0.2) is 149 Å². The molecule has 0 bridgehead atoms.